The minimum atomic E-state index is -0.304. The van der Waals surface area contributed by atoms with Crippen molar-refractivity contribution in [2.45, 2.75) is 19.1 Å². The van der Waals surface area contributed by atoms with Gasteiger partial charge in [0.2, 0.25) is 0 Å². The zero-order chi connectivity index (χ0) is 11.7. The Balaban J connectivity index is 2.20. The summed E-state index contributed by atoms with van der Waals surface area (Å²) in [6, 6.07) is 6.04. The van der Waals surface area contributed by atoms with E-state index in [1.54, 1.807) is 0 Å². The monoisotopic (exact) mass is 221 g/mol. The van der Waals surface area contributed by atoms with E-state index in [0.717, 1.165) is 23.5 Å². The summed E-state index contributed by atoms with van der Waals surface area (Å²) >= 11 is 0. The number of aliphatic hydroxyl groups is 1. The van der Waals surface area contributed by atoms with E-state index in [1.165, 1.54) is 0 Å². The van der Waals surface area contributed by atoms with Crippen LogP contribution < -0.4 is 16.0 Å². The van der Waals surface area contributed by atoms with Gasteiger partial charge in [-0.3, -0.25) is 0 Å². The lowest BCUT2D eigenvalue weighted by atomic mass is 10.1. The number of hydrogen-bond acceptors (Lipinski definition) is 4. The Bertz CT molecular complexity index is 381. The van der Waals surface area contributed by atoms with Crippen LogP contribution in [0.25, 0.3) is 0 Å². The van der Waals surface area contributed by atoms with Gasteiger partial charge in [0.1, 0.15) is 0 Å². The summed E-state index contributed by atoms with van der Waals surface area (Å²) < 4.78 is 0. The second kappa shape index (κ2) is 4.31. The second-order valence-corrected chi connectivity index (χ2v) is 4.41. The first-order valence-corrected chi connectivity index (χ1v) is 5.58. The van der Waals surface area contributed by atoms with E-state index in [1.807, 2.05) is 32.2 Å². The van der Waals surface area contributed by atoms with Gasteiger partial charge in [0.15, 0.2) is 0 Å². The number of nitrogens with zero attached hydrogens (tertiary/aromatic N) is 1. The van der Waals surface area contributed by atoms with Crippen molar-refractivity contribution in [3.05, 3.63) is 23.8 Å². The predicted molar refractivity (Wildman–Crippen MR) is 66.7 cm³/mol. The molecule has 1 aliphatic rings. The standard InChI is InChI=1S/C12H19N3O/c1-8-5-9(13)3-4-11(8)15-6-10(14-2)12(16)7-15/h3-5,10,12,14,16H,6-7,13H2,1-2H3. The molecule has 0 bridgehead atoms. The topological polar surface area (TPSA) is 61.5 Å². The summed E-state index contributed by atoms with van der Waals surface area (Å²) in [6.07, 6.45) is -0.304. The number of rotatable bonds is 2. The van der Waals surface area contributed by atoms with E-state index in [2.05, 4.69) is 10.2 Å². The average Bonchev–Trinajstić information content (AvgIpc) is 2.59. The molecule has 2 rings (SSSR count). The van der Waals surface area contributed by atoms with Gasteiger partial charge in [-0.05, 0) is 37.7 Å². The molecule has 2 atom stereocenters. The SMILES string of the molecule is CNC1CN(c2ccc(N)cc2C)CC1O. The van der Waals surface area contributed by atoms with Crippen molar-refractivity contribution in [2.24, 2.45) is 0 Å². The van der Waals surface area contributed by atoms with Crippen LogP contribution in [0.4, 0.5) is 11.4 Å². The highest BCUT2D eigenvalue weighted by molar-refractivity contribution is 5.60. The van der Waals surface area contributed by atoms with Crippen LogP contribution in [0.2, 0.25) is 0 Å². The molecule has 1 aromatic carbocycles. The fraction of sp³-hybridized carbons (Fsp3) is 0.500. The maximum absolute atomic E-state index is 9.84. The lowest BCUT2D eigenvalue weighted by Crippen LogP contribution is -2.36. The van der Waals surface area contributed by atoms with E-state index >= 15 is 0 Å². The number of nitrogens with two attached hydrogens (primary N) is 1. The normalized spacial score (nSPS) is 25.1. The van der Waals surface area contributed by atoms with Gasteiger partial charge < -0.3 is 21.1 Å². The van der Waals surface area contributed by atoms with Gasteiger partial charge in [0.25, 0.3) is 0 Å². The Hall–Kier alpha value is -1.26. The molecule has 2 unspecified atom stereocenters. The fourth-order valence-corrected chi connectivity index (χ4v) is 2.30. The number of benzene rings is 1. The molecule has 0 aliphatic carbocycles. The number of nitrogens with one attached hydrogen (secondary N) is 1. The van der Waals surface area contributed by atoms with Crippen molar-refractivity contribution in [2.75, 3.05) is 30.8 Å². The maximum atomic E-state index is 9.84. The molecule has 1 aromatic rings. The van der Waals surface area contributed by atoms with Gasteiger partial charge in [-0.1, -0.05) is 0 Å². The minimum Gasteiger partial charge on any atom is -0.399 e. The van der Waals surface area contributed by atoms with Gasteiger partial charge in [0, 0.05) is 24.5 Å². The summed E-state index contributed by atoms with van der Waals surface area (Å²) in [4.78, 5) is 2.20. The van der Waals surface area contributed by atoms with Crippen molar-refractivity contribution in [3.8, 4) is 0 Å². The number of nitrogen functional groups attached to an aromatic ring is 1. The second-order valence-electron chi connectivity index (χ2n) is 4.41. The van der Waals surface area contributed by atoms with Crippen molar-refractivity contribution in [1.29, 1.82) is 0 Å². The third-order valence-electron chi connectivity index (χ3n) is 3.22. The third-order valence-corrected chi connectivity index (χ3v) is 3.22. The Labute approximate surface area is 96.1 Å². The molecular formula is C12H19N3O. The molecule has 1 fully saturated rings. The van der Waals surface area contributed by atoms with Crippen molar-refractivity contribution in [3.63, 3.8) is 0 Å². The first kappa shape index (κ1) is 11.2. The lowest BCUT2D eigenvalue weighted by molar-refractivity contribution is 0.168. The first-order chi connectivity index (χ1) is 7.61. The van der Waals surface area contributed by atoms with Crippen molar-refractivity contribution < 1.29 is 5.11 Å². The van der Waals surface area contributed by atoms with Crippen LogP contribution in [-0.2, 0) is 0 Å². The van der Waals surface area contributed by atoms with Gasteiger partial charge in [-0.15, -0.1) is 0 Å². The number of anilines is 2. The molecule has 88 valence electrons. The smallest absolute Gasteiger partial charge is 0.0884 e. The molecular weight excluding hydrogens is 202 g/mol. The summed E-state index contributed by atoms with van der Waals surface area (Å²) in [6.45, 7) is 3.56. The minimum absolute atomic E-state index is 0.150. The summed E-state index contributed by atoms with van der Waals surface area (Å²) in [5, 5.41) is 13.0. The van der Waals surface area contributed by atoms with E-state index < -0.39 is 0 Å². The molecule has 16 heavy (non-hydrogen) atoms. The van der Waals surface area contributed by atoms with Crippen molar-refractivity contribution >= 4 is 11.4 Å². The molecule has 0 amide bonds. The number of β-amino-alcohol motifs (C(OH)–C–C–N with tert-alkyl or cyclic N) is 1. The van der Waals surface area contributed by atoms with Crippen LogP contribution >= 0.6 is 0 Å². The molecule has 4 N–H and O–H groups in total. The molecule has 0 radical (unpaired) electrons. The zero-order valence-corrected chi connectivity index (χ0v) is 9.77. The van der Waals surface area contributed by atoms with Gasteiger partial charge in [-0.25, -0.2) is 0 Å². The molecule has 1 heterocycles. The number of likely N-dealkylation sites (N-methyl/N-ethyl adjacent to an activating group) is 1. The molecule has 4 heteroatoms. The number of aryl methyl sites for hydroxylation is 1. The molecule has 0 aromatic heterocycles. The number of aliphatic hydroxyl groups excluding tert-OH is 1. The largest absolute Gasteiger partial charge is 0.399 e. The molecule has 0 spiro atoms. The van der Waals surface area contributed by atoms with Gasteiger partial charge >= 0.3 is 0 Å². The average molecular weight is 221 g/mol. The number of hydrogen-bond donors (Lipinski definition) is 3. The van der Waals surface area contributed by atoms with Crippen molar-refractivity contribution in [1.82, 2.24) is 5.32 Å². The Kier molecular flexibility index (Phi) is 3.03. The Morgan fingerprint density at radius 3 is 2.75 bits per heavy atom. The summed E-state index contributed by atoms with van der Waals surface area (Å²) in [5.41, 5.74) is 8.82. The van der Waals surface area contributed by atoms with Crippen LogP contribution in [0.3, 0.4) is 0 Å². The van der Waals surface area contributed by atoms with Crippen LogP contribution in [0.5, 0.6) is 0 Å². The van der Waals surface area contributed by atoms with Crippen LogP contribution in [0.1, 0.15) is 5.56 Å². The first-order valence-electron chi connectivity index (χ1n) is 5.58. The van der Waals surface area contributed by atoms with E-state index in [4.69, 9.17) is 5.73 Å². The fourth-order valence-electron chi connectivity index (χ4n) is 2.30. The molecule has 4 nitrogen and oxygen atoms in total. The van der Waals surface area contributed by atoms with Crippen LogP contribution in [0.15, 0.2) is 18.2 Å². The maximum Gasteiger partial charge on any atom is 0.0884 e. The van der Waals surface area contributed by atoms with E-state index in [9.17, 15) is 5.11 Å². The summed E-state index contributed by atoms with van der Waals surface area (Å²) in [7, 11) is 1.88. The third kappa shape index (κ3) is 1.99. The Morgan fingerprint density at radius 1 is 1.44 bits per heavy atom. The zero-order valence-electron chi connectivity index (χ0n) is 9.77. The molecule has 1 saturated heterocycles. The van der Waals surface area contributed by atoms with E-state index in [-0.39, 0.29) is 12.1 Å². The quantitative estimate of drug-likeness (QED) is 0.631. The lowest BCUT2D eigenvalue weighted by Gasteiger charge is -2.20. The van der Waals surface area contributed by atoms with Crippen LogP contribution in [0, 0.1) is 6.92 Å². The van der Waals surface area contributed by atoms with Crippen LogP contribution in [-0.4, -0.2) is 37.4 Å². The van der Waals surface area contributed by atoms with Gasteiger partial charge in [0.05, 0.1) is 12.1 Å². The predicted octanol–water partition coefficient (Wildman–Crippen LogP) is 0.346. The molecule has 1 aliphatic heterocycles. The Morgan fingerprint density at radius 2 is 2.19 bits per heavy atom. The highest BCUT2D eigenvalue weighted by Crippen LogP contribution is 2.25. The highest BCUT2D eigenvalue weighted by atomic mass is 16.3. The highest BCUT2D eigenvalue weighted by Gasteiger charge is 2.30. The van der Waals surface area contributed by atoms with Gasteiger partial charge in [-0.2, -0.15) is 0 Å². The molecule has 0 saturated carbocycles. The van der Waals surface area contributed by atoms with E-state index in [0.29, 0.717) is 6.54 Å². The summed E-state index contributed by atoms with van der Waals surface area (Å²) in [5.74, 6) is 0.